The number of carbonyl (C=O) groups excluding carboxylic acids is 1. The van der Waals surface area contributed by atoms with Gasteiger partial charge in [0, 0.05) is 6.20 Å². The molecule has 0 bridgehead atoms. The summed E-state index contributed by atoms with van der Waals surface area (Å²) in [4.78, 5) is 12.8. The van der Waals surface area contributed by atoms with Crippen molar-refractivity contribution in [1.29, 1.82) is 0 Å². The normalized spacial score (nSPS) is 18.7. The lowest BCUT2D eigenvalue weighted by molar-refractivity contribution is 0.103. The number of cyclic esters (lactones) is 1. The van der Waals surface area contributed by atoms with Crippen molar-refractivity contribution in [3.05, 3.63) is 42.1 Å². The molecule has 0 N–H and O–H groups in total. The molecule has 1 amide bonds. The Kier molecular flexibility index (Phi) is 3.55. The smallest absolute Gasteiger partial charge is 0.414 e. The van der Waals surface area contributed by atoms with Crippen molar-refractivity contribution in [2.24, 2.45) is 0 Å². The van der Waals surface area contributed by atoms with Crippen LogP contribution in [0.5, 0.6) is 5.75 Å². The predicted molar refractivity (Wildman–Crippen MR) is 68.6 cm³/mol. The van der Waals surface area contributed by atoms with E-state index in [0.717, 1.165) is 16.9 Å². The SMILES string of the molecule is C=CN1CC(COc2cc(C)cc(C)c2)OC1=O. The minimum atomic E-state index is -0.362. The first-order chi connectivity index (χ1) is 8.58. The standard InChI is InChI=1S/C14H17NO3/c1-4-15-8-13(18-14(15)16)9-17-12-6-10(2)5-11(3)7-12/h4-7,13H,1,8-9H2,2-3H3. The number of amides is 1. The molecule has 1 aromatic carbocycles. The second kappa shape index (κ2) is 5.12. The van der Waals surface area contributed by atoms with Crippen molar-refractivity contribution >= 4 is 6.09 Å². The average Bonchev–Trinajstić information content (AvgIpc) is 2.66. The molecule has 0 saturated carbocycles. The zero-order chi connectivity index (χ0) is 13.1. The summed E-state index contributed by atoms with van der Waals surface area (Å²) >= 11 is 0. The predicted octanol–water partition coefficient (Wildman–Crippen LogP) is 2.65. The Hall–Kier alpha value is -1.97. The average molecular weight is 247 g/mol. The van der Waals surface area contributed by atoms with Crippen molar-refractivity contribution in [2.75, 3.05) is 13.2 Å². The number of nitrogens with zero attached hydrogens (tertiary/aromatic N) is 1. The second-order valence-electron chi connectivity index (χ2n) is 4.48. The fraction of sp³-hybridized carbons (Fsp3) is 0.357. The zero-order valence-corrected chi connectivity index (χ0v) is 10.7. The fourth-order valence-electron chi connectivity index (χ4n) is 1.98. The third-order valence-electron chi connectivity index (χ3n) is 2.75. The van der Waals surface area contributed by atoms with Crippen LogP contribution < -0.4 is 4.74 Å². The number of aryl methyl sites for hydroxylation is 2. The van der Waals surface area contributed by atoms with Crippen LogP contribution in [0.1, 0.15) is 11.1 Å². The van der Waals surface area contributed by atoms with Gasteiger partial charge in [0.25, 0.3) is 0 Å². The van der Waals surface area contributed by atoms with Crippen molar-refractivity contribution < 1.29 is 14.3 Å². The van der Waals surface area contributed by atoms with Crippen molar-refractivity contribution in [3.8, 4) is 5.75 Å². The van der Waals surface area contributed by atoms with Crippen LogP contribution >= 0.6 is 0 Å². The Labute approximate surface area is 107 Å². The molecule has 1 saturated heterocycles. The van der Waals surface area contributed by atoms with E-state index in [1.54, 1.807) is 0 Å². The highest BCUT2D eigenvalue weighted by molar-refractivity contribution is 5.71. The lowest BCUT2D eigenvalue weighted by Gasteiger charge is -2.11. The largest absolute Gasteiger partial charge is 0.490 e. The van der Waals surface area contributed by atoms with Gasteiger partial charge in [-0.3, -0.25) is 4.90 Å². The summed E-state index contributed by atoms with van der Waals surface area (Å²) in [7, 11) is 0. The number of carbonyl (C=O) groups is 1. The lowest BCUT2D eigenvalue weighted by atomic mass is 10.1. The van der Waals surface area contributed by atoms with Gasteiger partial charge >= 0.3 is 6.09 Å². The monoisotopic (exact) mass is 247 g/mol. The molecule has 1 aliphatic heterocycles. The number of ether oxygens (including phenoxy) is 2. The first-order valence-electron chi connectivity index (χ1n) is 5.89. The fourth-order valence-corrected chi connectivity index (χ4v) is 1.98. The Morgan fingerprint density at radius 1 is 1.44 bits per heavy atom. The van der Waals surface area contributed by atoms with Gasteiger partial charge in [-0.2, -0.15) is 0 Å². The van der Waals surface area contributed by atoms with Crippen LogP contribution in [0.25, 0.3) is 0 Å². The van der Waals surface area contributed by atoms with Crippen LogP contribution in [0.15, 0.2) is 31.0 Å². The van der Waals surface area contributed by atoms with Crippen molar-refractivity contribution in [3.63, 3.8) is 0 Å². The molecule has 1 heterocycles. The highest BCUT2D eigenvalue weighted by atomic mass is 16.6. The summed E-state index contributed by atoms with van der Waals surface area (Å²) in [5.74, 6) is 0.806. The molecule has 0 radical (unpaired) electrons. The maximum absolute atomic E-state index is 11.3. The number of hydrogen-bond acceptors (Lipinski definition) is 3. The number of rotatable bonds is 4. The molecule has 1 unspecified atom stereocenters. The van der Waals surface area contributed by atoms with Crippen LogP contribution in [-0.4, -0.2) is 30.2 Å². The highest BCUT2D eigenvalue weighted by Gasteiger charge is 2.29. The van der Waals surface area contributed by atoms with Gasteiger partial charge in [0.2, 0.25) is 0 Å². The molecule has 1 aromatic rings. The van der Waals surface area contributed by atoms with E-state index in [-0.39, 0.29) is 12.2 Å². The van der Waals surface area contributed by atoms with Crippen LogP contribution in [0.2, 0.25) is 0 Å². The second-order valence-corrected chi connectivity index (χ2v) is 4.48. The van der Waals surface area contributed by atoms with E-state index in [1.807, 2.05) is 26.0 Å². The molecule has 4 heteroatoms. The summed E-state index contributed by atoms with van der Waals surface area (Å²) in [6, 6.07) is 6.02. The highest BCUT2D eigenvalue weighted by Crippen LogP contribution is 2.18. The quantitative estimate of drug-likeness (QED) is 0.821. The number of benzene rings is 1. The lowest BCUT2D eigenvalue weighted by Crippen LogP contribution is -2.22. The third-order valence-corrected chi connectivity index (χ3v) is 2.75. The van der Waals surface area contributed by atoms with Crippen LogP contribution in [0.3, 0.4) is 0 Å². The zero-order valence-electron chi connectivity index (χ0n) is 10.7. The van der Waals surface area contributed by atoms with E-state index in [9.17, 15) is 4.79 Å². The molecule has 0 aliphatic carbocycles. The van der Waals surface area contributed by atoms with Gasteiger partial charge in [-0.25, -0.2) is 4.79 Å². The summed E-state index contributed by atoms with van der Waals surface area (Å²) in [6.45, 7) is 8.45. The van der Waals surface area contributed by atoms with Gasteiger partial charge in [0.05, 0.1) is 6.54 Å². The summed E-state index contributed by atoms with van der Waals surface area (Å²) in [5, 5.41) is 0. The maximum Gasteiger partial charge on any atom is 0.414 e. The summed E-state index contributed by atoms with van der Waals surface area (Å²) < 4.78 is 10.8. The van der Waals surface area contributed by atoms with Crippen LogP contribution in [0.4, 0.5) is 4.79 Å². The molecule has 1 aliphatic rings. The van der Waals surface area contributed by atoms with E-state index >= 15 is 0 Å². The van der Waals surface area contributed by atoms with Crippen molar-refractivity contribution in [2.45, 2.75) is 20.0 Å². The molecule has 2 rings (SSSR count). The van der Waals surface area contributed by atoms with Gasteiger partial charge in [-0.1, -0.05) is 12.6 Å². The van der Waals surface area contributed by atoms with E-state index in [1.165, 1.54) is 11.1 Å². The van der Waals surface area contributed by atoms with Gasteiger partial charge in [-0.05, 0) is 37.1 Å². The molecule has 18 heavy (non-hydrogen) atoms. The van der Waals surface area contributed by atoms with Gasteiger partial charge in [0.15, 0.2) is 6.10 Å². The first kappa shape index (κ1) is 12.5. The Morgan fingerprint density at radius 2 is 2.11 bits per heavy atom. The van der Waals surface area contributed by atoms with Gasteiger partial charge < -0.3 is 9.47 Å². The van der Waals surface area contributed by atoms with E-state index < -0.39 is 0 Å². The molecule has 4 nitrogen and oxygen atoms in total. The Balaban J connectivity index is 1.92. The van der Waals surface area contributed by atoms with Crippen molar-refractivity contribution in [1.82, 2.24) is 4.90 Å². The van der Waals surface area contributed by atoms with Crippen LogP contribution in [-0.2, 0) is 4.74 Å². The minimum absolute atomic E-state index is 0.240. The van der Waals surface area contributed by atoms with Gasteiger partial charge in [-0.15, -0.1) is 0 Å². The maximum atomic E-state index is 11.3. The van der Waals surface area contributed by atoms with E-state index in [4.69, 9.17) is 9.47 Å². The molecule has 1 fully saturated rings. The topological polar surface area (TPSA) is 38.8 Å². The molecular formula is C14H17NO3. The minimum Gasteiger partial charge on any atom is -0.490 e. The molecular weight excluding hydrogens is 230 g/mol. The molecule has 0 aromatic heterocycles. The summed E-state index contributed by atoms with van der Waals surface area (Å²) in [5.41, 5.74) is 2.31. The van der Waals surface area contributed by atoms with E-state index in [0.29, 0.717) is 13.2 Å². The molecule has 0 spiro atoms. The van der Waals surface area contributed by atoms with Crippen LogP contribution in [0, 0.1) is 13.8 Å². The van der Waals surface area contributed by atoms with E-state index in [2.05, 4.69) is 12.6 Å². The molecule has 1 atom stereocenters. The Morgan fingerprint density at radius 3 is 2.67 bits per heavy atom. The number of hydrogen-bond donors (Lipinski definition) is 0. The summed E-state index contributed by atoms with van der Waals surface area (Å²) in [6.07, 6.45) is 0.870. The molecule has 96 valence electrons. The first-order valence-corrected chi connectivity index (χ1v) is 5.89. The van der Waals surface area contributed by atoms with Gasteiger partial charge in [0.1, 0.15) is 12.4 Å². The Bertz CT molecular complexity index is 450. The third kappa shape index (κ3) is 2.83.